The third kappa shape index (κ3) is 2.24. The van der Waals surface area contributed by atoms with E-state index in [1.54, 1.807) is 16.8 Å². The van der Waals surface area contributed by atoms with Gasteiger partial charge in [0.15, 0.2) is 0 Å². The SMILES string of the molecule is CN(C(=O)N1Cc2ccccc2C(C(=O)O)C1)C1CC1. The number of hydrogen-bond acceptors (Lipinski definition) is 2. The van der Waals surface area contributed by atoms with Crippen molar-refractivity contribution in [3.63, 3.8) is 0 Å². The number of fused-ring (bicyclic) bond motifs is 1. The van der Waals surface area contributed by atoms with Crippen LogP contribution in [0.15, 0.2) is 24.3 Å². The van der Waals surface area contributed by atoms with Crippen LogP contribution in [0.25, 0.3) is 0 Å². The second-order valence-corrected chi connectivity index (χ2v) is 5.59. The van der Waals surface area contributed by atoms with E-state index >= 15 is 0 Å². The predicted octanol–water partition coefficient (Wildman–Crippen LogP) is 1.88. The van der Waals surface area contributed by atoms with Crippen LogP contribution in [-0.4, -0.2) is 46.5 Å². The van der Waals surface area contributed by atoms with Crippen molar-refractivity contribution in [3.05, 3.63) is 35.4 Å². The second-order valence-electron chi connectivity index (χ2n) is 5.59. The van der Waals surface area contributed by atoms with E-state index in [9.17, 15) is 14.7 Å². The third-order valence-corrected chi connectivity index (χ3v) is 4.16. The molecule has 106 valence electrons. The summed E-state index contributed by atoms with van der Waals surface area (Å²) >= 11 is 0. The number of rotatable bonds is 2. The molecule has 1 N–H and O–H groups in total. The molecular formula is C15H18N2O3. The van der Waals surface area contributed by atoms with Crippen LogP contribution in [-0.2, 0) is 11.3 Å². The molecule has 2 aliphatic rings. The maximum atomic E-state index is 12.4. The van der Waals surface area contributed by atoms with Gasteiger partial charge in [-0.05, 0) is 24.0 Å². The Kier molecular flexibility index (Phi) is 3.12. The van der Waals surface area contributed by atoms with Crippen molar-refractivity contribution in [2.45, 2.75) is 31.3 Å². The zero-order valence-electron chi connectivity index (χ0n) is 11.5. The van der Waals surface area contributed by atoms with Gasteiger partial charge in [-0.3, -0.25) is 4.79 Å². The Morgan fingerprint density at radius 3 is 2.65 bits per heavy atom. The number of hydrogen-bond donors (Lipinski definition) is 1. The summed E-state index contributed by atoms with van der Waals surface area (Å²) < 4.78 is 0. The number of carbonyl (C=O) groups excluding carboxylic acids is 1. The molecule has 1 aromatic carbocycles. The van der Waals surface area contributed by atoms with Gasteiger partial charge >= 0.3 is 12.0 Å². The standard InChI is InChI=1S/C15H18N2O3/c1-16(11-6-7-11)15(20)17-8-10-4-2-3-5-12(10)13(9-17)14(18)19/h2-5,11,13H,6-9H2,1H3,(H,18,19). The van der Waals surface area contributed by atoms with Crippen LogP contribution in [0.2, 0.25) is 0 Å². The highest BCUT2D eigenvalue weighted by Gasteiger charge is 2.37. The molecule has 1 aliphatic heterocycles. The molecule has 5 nitrogen and oxygen atoms in total. The third-order valence-electron chi connectivity index (χ3n) is 4.16. The summed E-state index contributed by atoms with van der Waals surface area (Å²) in [6, 6.07) is 7.76. The topological polar surface area (TPSA) is 60.9 Å². The molecule has 1 aliphatic carbocycles. The molecule has 1 fully saturated rings. The number of aliphatic carboxylic acids is 1. The number of carboxylic acids is 1. The number of carboxylic acid groups (broad SMARTS) is 1. The summed E-state index contributed by atoms with van der Waals surface area (Å²) in [5, 5.41) is 9.39. The normalized spacial score (nSPS) is 21.2. The van der Waals surface area contributed by atoms with Crippen LogP contribution >= 0.6 is 0 Å². The summed E-state index contributed by atoms with van der Waals surface area (Å²) in [6.45, 7) is 0.748. The van der Waals surface area contributed by atoms with Gasteiger partial charge in [-0.2, -0.15) is 0 Å². The Morgan fingerprint density at radius 1 is 1.30 bits per heavy atom. The average molecular weight is 274 g/mol. The fraction of sp³-hybridized carbons (Fsp3) is 0.467. The van der Waals surface area contributed by atoms with Crippen molar-refractivity contribution in [1.82, 2.24) is 9.80 Å². The quantitative estimate of drug-likeness (QED) is 0.895. The van der Waals surface area contributed by atoms with Crippen LogP contribution in [0, 0.1) is 0 Å². The Balaban J connectivity index is 1.85. The molecule has 0 spiro atoms. The van der Waals surface area contributed by atoms with E-state index in [0.29, 0.717) is 12.6 Å². The molecule has 5 heteroatoms. The molecule has 1 unspecified atom stereocenters. The number of carbonyl (C=O) groups is 2. The van der Waals surface area contributed by atoms with E-state index in [-0.39, 0.29) is 12.6 Å². The maximum Gasteiger partial charge on any atom is 0.320 e. The summed E-state index contributed by atoms with van der Waals surface area (Å²) in [6.07, 6.45) is 2.10. The van der Waals surface area contributed by atoms with Crippen LogP contribution in [0.1, 0.15) is 29.9 Å². The molecule has 3 rings (SSSR count). The number of urea groups is 1. The minimum Gasteiger partial charge on any atom is -0.481 e. The van der Waals surface area contributed by atoms with Gasteiger partial charge in [0.05, 0.1) is 5.92 Å². The molecule has 1 saturated carbocycles. The largest absolute Gasteiger partial charge is 0.481 e. The fourth-order valence-electron chi connectivity index (χ4n) is 2.80. The highest BCUT2D eigenvalue weighted by atomic mass is 16.4. The van der Waals surface area contributed by atoms with Gasteiger partial charge in [0.25, 0.3) is 0 Å². The van der Waals surface area contributed by atoms with Crippen molar-refractivity contribution in [1.29, 1.82) is 0 Å². The zero-order chi connectivity index (χ0) is 14.3. The lowest BCUT2D eigenvalue weighted by Crippen LogP contribution is -2.46. The fourth-order valence-corrected chi connectivity index (χ4v) is 2.80. The Morgan fingerprint density at radius 2 is 2.00 bits per heavy atom. The molecule has 0 aromatic heterocycles. The molecule has 2 amide bonds. The van der Waals surface area contributed by atoms with E-state index in [1.165, 1.54) is 0 Å². The summed E-state index contributed by atoms with van der Waals surface area (Å²) in [4.78, 5) is 27.3. The molecule has 0 radical (unpaired) electrons. The number of benzene rings is 1. The smallest absolute Gasteiger partial charge is 0.320 e. The summed E-state index contributed by atoms with van der Waals surface area (Å²) in [7, 11) is 1.80. The van der Waals surface area contributed by atoms with Crippen LogP contribution < -0.4 is 0 Å². The lowest BCUT2D eigenvalue weighted by Gasteiger charge is -2.35. The minimum atomic E-state index is -0.871. The van der Waals surface area contributed by atoms with Crippen molar-refractivity contribution in [2.24, 2.45) is 0 Å². The molecule has 1 aromatic rings. The first kappa shape index (κ1) is 13.0. The first-order valence-electron chi connectivity index (χ1n) is 6.90. The number of nitrogens with zero attached hydrogens (tertiary/aromatic N) is 2. The first-order chi connectivity index (χ1) is 9.58. The molecule has 1 heterocycles. The van der Waals surface area contributed by atoms with E-state index in [0.717, 1.165) is 24.0 Å². The van der Waals surface area contributed by atoms with Crippen LogP contribution in [0.5, 0.6) is 0 Å². The van der Waals surface area contributed by atoms with Gasteiger partial charge < -0.3 is 14.9 Å². The Bertz CT molecular complexity index is 554. The minimum absolute atomic E-state index is 0.0618. The van der Waals surface area contributed by atoms with Crippen molar-refractivity contribution < 1.29 is 14.7 Å². The van der Waals surface area contributed by atoms with Gasteiger partial charge in [-0.25, -0.2) is 4.79 Å². The van der Waals surface area contributed by atoms with Crippen molar-refractivity contribution in [3.8, 4) is 0 Å². The van der Waals surface area contributed by atoms with E-state index < -0.39 is 11.9 Å². The molecule has 1 atom stereocenters. The Hall–Kier alpha value is -2.04. The zero-order valence-corrected chi connectivity index (χ0v) is 11.5. The Labute approximate surface area is 117 Å². The lowest BCUT2D eigenvalue weighted by atomic mass is 9.90. The highest BCUT2D eigenvalue weighted by Crippen LogP contribution is 2.31. The molecule has 0 saturated heterocycles. The van der Waals surface area contributed by atoms with E-state index in [1.807, 2.05) is 24.3 Å². The van der Waals surface area contributed by atoms with Crippen LogP contribution in [0.3, 0.4) is 0 Å². The highest BCUT2D eigenvalue weighted by molar-refractivity contribution is 5.81. The first-order valence-corrected chi connectivity index (χ1v) is 6.90. The van der Waals surface area contributed by atoms with Gasteiger partial charge in [0.2, 0.25) is 0 Å². The summed E-state index contributed by atoms with van der Waals surface area (Å²) in [5.41, 5.74) is 1.77. The monoisotopic (exact) mass is 274 g/mol. The molecule has 20 heavy (non-hydrogen) atoms. The van der Waals surface area contributed by atoms with Gasteiger partial charge in [-0.1, -0.05) is 24.3 Å². The van der Waals surface area contributed by atoms with Gasteiger partial charge in [0.1, 0.15) is 0 Å². The van der Waals surface area contributed by atoms with E-state index in [2.05, 4.69) is 0 Å². The number of amides is 2. The second kappa shape index (κ2) is 4.81. The van der Waals surface area contributed by atoms with Crippen molar-refractivity contribution >= 4 is 12.0 Å². The molecular weight excluding hydrogens is 256 g/mol. The maximum absolute atomic E-state index is 12.4. The van der Waals surface area contributed by atoms with Gasteiger partial charge in [0, 0.05) is 26.2 Å². The van der Waals surface area contributed by atoms with E-state index in [4.69, 9.17) is 0 Å². The molecule has 0 bridgehead atoms. The van der Waals surface area contributed by atoms with Crippen LogP contribution in [0.4, 0.5) is 4.79 Å². The average Bonchev–Trinajstić information content (AvgIpc) is 3.29. The summed E-state index contributed by atoms with van der Waals surface area (Å²) in [5.74, 6) is -1.50. The lowest BCUT2D eigenvalue weighted by molar-refractivity contribution is -0.139. The van der Waals surface area contributed by atoms with Crippen molar-refractivity contribution in [2.75, 3.05) is 13.6 Å². The van der Waals surface area contributed by atoms with Gasteiger partial charge in [-0.15, -0.1) is 0 Å². The predicted molar refractivity (Wildman–Crippen MR) is 73.4 cm³/mol.